The van der Waals surface area contributed by atoms with Gasteiger partial charge in [-0.1, -0.05) is 24.3 Å². The smallest absolute Gasteiger partial charge is 0.257 e. The van der Waals surface area contributed by atoms with Crippen LogP contribution >= 0.6 is 11.3 Å². The van der Waals surface area contributed by atoms with E-state index in [1.165, 1.54) is 11.3 Å². The van der Waals surface area contributed by atoms with Crippen molar-refractivity contribution in [3.8, 4) is 0 Å². The second-order valence-corrected chi connectivity index (χ2v) is 5.76. The zero-order chi connectivity index (χ0) is 16.8. The van der Waals surface area contributed by atoms with E-state index < -0.39 is 0 Å². The first-order valence-electron chi connectivity index (χ1n) is 7.22. The van der Waals surface area contributed by atoms with Gasteiger partial charge in [0.05, 0.1) is 12.1 Å². The maximum atomic E-state index is 12.1. The summed E-state index contributed by atoms with van der Waals surface area (Å²) in [5.74, 6) is 0.0599. The van der Waals surface area contributed by atoms with Gasteiger partial charge < -0.3 is 5.32 Å². The Bertz CT molecular complexity index is 834. The third-order valence-corrected chi connectivity index (χ3v) is 3.89. The topological polar surface area (TPSA) is 84.0 Å². The van der Waals surface area contributed by atoms with Crippen molar-refractivity contribution in [2.45, 2.75) is 6.42 Å². The van der Waals surface area contributed by atoms with Crippen LogP contribution < -0.4 is 10.6 Å². The molecule has 0 spiro atoms. The number of carbonyl (C=O) groups excluding carboxylic acids is 2. The molecule has 6 nitrogen and oxygen atoms in total. The van der Waals surface area contributed by atoms with Gasteiger partial charge in [0.1, 0.15) is 5.82 Å². The third kappa shape index (κ3) is 4.23. The Kier molecular flexibility index (Phi) is 4.93. The molecular weight excluding hydrogens is 324 g/mol. The van der Waals surface area contributed by atoms with Gasteiger partial charge in [0.25, 0.3) is 5.91 Å². The van der Waals surface area contributed by atoms with Gasteiger partial charge in [-0.25, -0.2) is 9.97 Å². The van der Waals surface area contributed by atoms with Crippen LogP contribution in [0.25, 0.3) is 0 Å². The lowest BCUT2D eigenvalue weighted by molar-refractivity contribution is -0.115. The van der Waals surface area contributed by atoms with Crippen molar-refractivity contribution in [3.63, 3.8) is 0 Å². The molecule has 2 amide bonds. The van der Waals surface area contributed by atoms with Crippen molar-refractivity contribution in [1.82, 2.24) is 9.97 Å². The zero-order valence-electron chi connectivity index (χ0n) is 12.6. The highest BCUT2D eigenvalue weighted by atomic mass is 32.1. The summed E-state index contributed by atoms with van der Waals surface area (Å²) >= 11 is 1.28. The van der Waals surface area contributed by atoms with Crippen LogP contribution in [0.2, 0.25) is 0 Å². The number of thiazole rings is 1. The first-order chi connectivity index (χ1) is 11.7. The molecule has 0 aliphatic heterocycles. The predicted molar refractivity (Wildman–Crippen MR) is 93.1 cm³/mol. The number of hydrogen-bond acceptors (Lipinski definition) is 5. The lowest BCUT2D eigenvalue weighted by atomic mass is 10.2. The maximum absolute atomic E-state index is 12.1. The Balaban J connectivity index is 1.57. The summed E-state index contributed by atoms with van der Waals surface area (Å²) in [4.78, 5) is 32.3. The first-order valence-corrected chi connectivity index (χ1v) is 8.10. The van der Waals surface area contributed by atoms with Crippen LogP contribution in [0.3, 0.4) is 0 Å². The Labute approximate surface area is 142 Å². The quantitative estimate of drug-likeness (QED) is 0.749. The number of nitrogens with one attached hydrogen (secondary N) is 2. The van der Waals surface area contributed by atoms with Crippen molar-refractivity contribution < 1.29 is 9.59 Å². The van der Waals surface area contributed by atoms with E-state index >= 15 is 0 Å². The summed E-state index contributed by atoms with van der Waals surface area (Å²) in [5, 5.41) is 7.63. The second-order valence-electron chi connectivity index (χ2n) is 4.90. The second kappa shape index (κ2) is 7.47. The van der Waals surface area contributed by atoms with Crippen LogP contribution in [-0.4, -0.2) is 21.8 Å². The molecule has 2 N–H and O–H groups in total. The fourth-order valence-corrected chi connectivity index (χ4v) is 2.70. The van der Waals surface area contributed by atoms with Gasteiger partial charge in [-0.15, -0.1) is 11.3 Å². The minimum atomic E-state index is -0.227. The number of rotatable bonds is 5. The fourth-order valence-electron chi connectivity index (χ4n) is 1.99. The van der Waals surface area contributed by atoms with E-state index in [-0.39, 0.29) is 18.2 Å². The van der Waals surface area contributed by atoms with Gasteiger partial charge >= 0.3 is 0 Å². The summed E-state index contributed by atoms with van der Waals surface area (Å²) in [7, 11) is 0. The lowest BCUT2D eigenvalue weighted by Crippen LogP contribution is -2.15. The molecular formula is C17H14N4O2S. The van der Waals surface area contributed by atoms with Gasteiger partial charge in [-0.3, -0.25) is 14.9 Å². The van der Waals surface area contributed by atoms with Crippen molar-refractivity contribution in [2.24, 2.45) is 0 Å². The summed E-state index contributed by atoms with van der Waals surface area (Å²) in [5.41, 5.74) is 1.15. The van der Waals surface area contributed by atoms with Crippen LogP contribution in [0.15, 0.2) is 60.1 Å². The molecule has 0 radical (unpaired) electrons. The van der Waals surface area contributed by atoms with Crippen LogP contribution in [0.5, 0.6) is 0 Å². The molecule has 3 aromatic rings. The zero-order valence-corrected chi connectivity index (χ0v) is 13.4. The molecule has 0 atom stereocenters. The van der Waals surface area contributed by atoms with E-state index in [9.17, 15) is 9.59 Å². The molecule has 2 heterocycles. The van der Waals surface area contributed by atoms with Gasteiger partial charge in [0, 0.05) is 17.1 Å². The van der Waals surface area contributed by atoms with Crippen molar-refractivity contribution in [2.75, 3.05) is 10.6 Å². The normalized spacial score (nSPS) is 10.2. The number of pyridine rings is 1. The minimum Gasteiger partial charge on any atom is -0.310 e. The van der Waals surface area contributed by atoms with Crippen LogP contribution in [0.4, 0.5) is 10.9 Å². The van der Waals surface area contributed by atoms with Gasteiger partial charge in [0.2, 0.25) is 5.91 Å². The summed E-state index contributed by atoms with van der Waals surface area (Å²) in [6.45, 7) is 0. The predicted octanol–water partition coefficient (Wildman–Crippen LogP) is 2.97. The van der Waals surface area contributed by atoms with E-state index in [1.807, 2.05) is 6.07 Å². The van der Waals surface area contributed by atoms with Gasteiger partial charge in [-0.05, 0) is 24.3 Å². The number of anilines is 2. The first kappa shape index (κ1) is 15.8. The molecule has 0 fully saturated rings. The molecule has 1 aromatic carbocycles. The number of hydrogen-bond donors (Lipinski definition) is 2. The van der Waals surface area contributed by atoms with Crippen LogP contribution in [-0.2, 0) is 11.2 Å². The van der Waals surface area contributed by atoms with Crippen LogP contribution in [0, 0.1) is 0 Å². The molecule has 2 aromatic heterocycles. The number of amides is 2. The van der Waals surface area contributed by atoms with Gasteiger partial charge in [0.15, 0.2) is 5.13 Å². The average Bonchev–Trinajstić information content (AvgIpc) is 3.03. The molecule has 0 saturated heterocycles. The molecule has 0 aliphatic carbocycles. The average molecular weight is 338 g/mol. The highest BCUT2D eigenvalue weighted by molar-refractivity contribution is 7.14. The Morgan fingerprint density at radius 3 is 2.54 bits per heavy atom. The van der Waals surface area contributed by atoms with Crippen molar-refractivity contribution >= 4 is 34.1 Å². The van der Waals surface area contributed by atoms with Gasteiger partial charge in [-0.2, -0.15) is 0 Å². The molecule has 0 bridgehead atoms. The molecule has 24 heavy (non-hydrogen) atoms. The maximum Gasteiger partial charge on any atom is 0.257 e. The molecule has 0 aliphatic rings. The third-order valence-electron chi connectivity index (χ3n) is 3.08. The summed E-state index contributed by atoms with van der Waals surface area (Å²) < 4.78 is 0. The van der Waals surface area contributed by atoms with E-state index in [4.69, 9.17) is 0 Å². The number of carbonyl (C=O) groups is 2. The Hall–Kier alpha value is -3.06. The van der Waals surface area contributed by atoms with E-state index in [0.29, 0.717) is 22.2 Å². The molecule has 0 unspecified atom stereocenters. The highest BCUT2D eigenvalue weighted by Crippen LogP contribution is 2.17. The SMILES string of the molecule is O=C(Cc1csc(NC(=O)c2ccccc2)n1)Nc1ccccn1. The molecule has 0 saturated carbocycles. The van der Waals surface area contributed by atoms with Crippen LogP contribution in [0.1, 0.15) is 16.1 Å². The molecule has 120 valence electrons. The number of nitrogens with zero attached hydrogens (tertiary/aromatic N) is 2. The minimum absolute atomic E-state index is 0.119. The fraction of sp³-hybridized carbons (Fsp3) is 0.0588. The van der Waals surface area contributed by atoms with Crippen molar-refractivity contribution in [3.05, 3.63) is 71.4 Å². The molecule has 7 heteroatoms. The van der Waals surface area contributed by atoms with E-state index in [1.54, 1.807) is 54.0 Å². The molecule has 3 rings (SSSR count). The van der Waals surface area contributed by atoms with Crippen molar-refractivity contribution in [1.29, 1.82) is 0 Å². The van der Waals surface area contributed by atoms with E-state index in [0.717, 1.165) is 0 Å². The lowest BCUT2D eigenvalue weighted by Gasteiger charge is -2.02. The number of benzene rings is 1. The standard InChI is InChI=1S/C17H14N4O2S/c22-15(20-14-8-4-5-9-18-14)10-13-11-24-17(19-13)21-16(23)12-6-2-1-3-7-12/h1-9,11H,10H2,(H,18,20,22)(H,19,21,23). The Morgan fingerprint density at radius 1 is 1.00 bits per heavy atom. The summed E-state index contributed by atoms with van der Waals surface area (Å²) in [6, 6.07) is 14.2. The number of aromatic nitrogens is 2. The largest absolute Gasteiger partial charge is 0.310 e. The Morgan fingerprint density at radius 2 is 1.79 bits per heavy atom. The van der Waals surface area contributed by atoms with E-state index in [2.05, 4.69) is 20.6 Å². The summed E-state index contributed by atoms with van der Waals surface area (Å²) in [6.07, 6.45) is 1.73. The highest BCUT2D eigenvalue weighted by Gasteiger charge is 2.11. The monoisotopic (exact) mass is 338 g/mol.